The first-order valence-corrected chi connectivity index (χ1v) is 13.2. The molecule has 12 heteroatoms. The molecule has 214 valence electrons. The van der Waals surface area contributed by atoms with Gasteiger partial charge in [-0.25, -0.2) is 4.98 Å². The lowest BCUT2D eigenvalue weighted by Gasteiger charge is -2.19. The number of aromatic nitrogens is 2. The SMILES string of the molecule is CNC(=O)[C@@H](Cc1ccc(Cl)cc1)NC(=O)c1cc(NCc2nc[nH]c2C)cc(-c2ccc(Cl)cc2C(F)(F)F)c1. The van der Waals surface area contributed by atoms with Gasteiger partial charge in [0.1, 0.15) is 6.04 Å². The van der Waals surface area contributed by atoms with E-state index in [0.717, 1.165) is 17.3 Å². The van der Waals surface area contributed by atoms with E-state index in [1.165, 1.54) is 43.7 Å². The van der Waals surface area contributed by atoms with E-state index >= 15 is 0 Å². The molecule has 4 N–H and O–H groups in total. The highest BCUT2D eigenvalue weighted by Crippen LogP contribution is 2.39. The van der Waals surface area contributed by atoms with E-state index in [-0.39, 0.29) is 34.7 Å². The maximum absolute atomic E-state index is 14.0. The first kappa shape index (κ1) is 30.0. The summed E-state index contributed by atoms with van der Waals surface area (Å²) in [7, 11) is 1.45. The molecular formula is C29H26Cl2F3N5O2. The predicted octanol–water partition coefficient (Wildman–Crippen LogP) is 6.41. The van der Waals surface area contributed by atoms with Gasteiger partial charge >= 0.3 is 6.18 Å². The number of carbonyl (C=O) groups excluding carboxylic acids is 2. The fraction of sp³-hybridized carbons (Fsp3) is 0.207. The zero-order chi connectivity index (χ0) is 29.7. The number of H-pyrrole nitrogens is 1. The van der Waals surface area contributed by atoms with Crippen LogP contribution in [0.1, 0.15) is 32.9 Å². The summed E-state index contributed by atoms with van der Waals surface area (Å²) in [5.74, 6) is -1.08. The maximum atomic E-state index is 14.0. The van der Waals surface area contributed by atoms with Crippen molar-refractivity contribution in [1.82, 2.24) is 20.6 Å². The number of aromatic amines is 1. The van der Waals surface area contributed by atoms with Gasteiger partial charge in [0.2, 0.25) is 5.91 Å². The minimum absolute atomic E-state index is 0.0526. The topological polar surface area (TPSA) is 98.9 Å². The fourth-order valence-corrected chi connectivity index (χ4v) is 4.55. The minimum Gasteiger partial charge on any atom is -0.379 e. The summed E-state index contributed by atoms with van der Waals surface area (Å²) in [6.07, 6.45) is -2.99. The average Bonchev–Trinajstić information content (AvgIpc) is 3.35. The highest BCUT2D eigenvalue weighted by Gasteiger charge is 2.34. The summed E-state index contributed by atoms with van der Waals surface area (Å²) < 4.78 is 41.9. The zero-order valence-electron chi connectivity index (χ0n) is 22.0. The number of nitrogens with one attached hydrogen (secondary N) is 4. The Morgan fingerprint density at radius 2 is 1.71 bits per heavy atom. The number of hydrogen-bond donors (Lipinski definition) is 4. The lowest BCUT2D eigenvalue weighted by molar-refractivity contribution is -0.137. The number of amides is 2. The highest BCUT2D eigenvalue weighted by atomic mass is 35.5. The van der Waals surface area contributed by atoms with Gasteiger partial charge < -0.3 is 20.9 Å². The average molecular weight is 604 g/mol. The molecule has 0 saturated carbocycles. The lowest BCUT2D eigenvalue weighted by Crippen LogP contribution is -2.47. The van der Waals surface area contributed by atoms with Crippen LogP contribution in [0.3, 0.4) is 0 Å². The highest BCUT2D eigenvalue weighted by molar-refractivity contribution is 6.31. The number of hydrogen-bond acceptors (Lipinski definition) is 4. The Balaban J connectivity index is 1.72. The van der Waals surface area contributed by atoms with Crippen LogP contribution in [0.4, 0.5) is 18.9 Å². The molecule has 2 amide bonds. The van der Waals surface area contributed by atoms with Crippen molar-refractivity contribution in [3.63, 3.8) is 0 Å². The first-order chi connectivity index (χ1) is 19.4. The van der Waals surface area contributed by atoms with Crippen LogP contribution in [0, 0.1) is 6.92 Å². The number of likely N-dealkylation sites (N-methyl/N-ethyl adjacent to an activating group) is 1. The van der Waals surface area contributed by atoms with Gasteiger partial charge in [0.15, 0.2) is 0 Å². The molecule has 1 aromatic heterocycles. The molecule has 0 radical (unpaired) electrons. The number of alkyl halides is 3. The second-order valence-electron chi connectivity index (χ2n) is 9.29. The smallest absolute Gasteiger partial charge is 0.379 e. The van der Waals surface area contributed by atoms with Gasteiger partial charge in [0, 0.05) is 40.5 Å². The van der Waals surface area contributed by atoms with Crippen molar-refractivity contribution < 1.29 is 22.8 Å². The Kier molecular flexibility index (Phi) is 9.25. The zero-order valence-corrected chi connectivity index (χ0v) is 23.5. The number of imidazole rings is 1. The third kappa shape index (κ3) is 7.59. The summed E-state index contributed by atoms with van der Waals surface area (Å²) in [6.45, 7) is 2.09. The number of aryl methyl sites for hydroxylation is 1. The van der Waals surface area contributed by atoms with E-state index in [1.807, 2.05) is 6.92 Å². The molecule has 0 unspecified atom stereocenters. The molecule has 3 aromatic carbocycles. The van der Waals surface area contributed by atoms with Crippen LogP contribution in [0.5, 0.6) is 0 Å². The monoisotopic (exact) mass is 603 g/mol. The number of halogens is 5. The van der Waals surface area contributed by atoms with Crippen LogP contribution in [-0.4, -0.2) is 34.9 Å². The first-order valence-electron chi connectivity index (χ1n) is 12.5. The Labute approximate surface area is 244 Å². The number of benzene rings is 3. The van der Waals surface area contributed by atoms with Crippen LogP contribution in [0.15, 0.2) is 67.0 Å². The molecule has 7 nitrogen and oxygen atoms in total. The molecule has 4 rings (SSSR count). The van der Waals surface area contributed by atoms with Crippen molar-refractivity contribution >= 4 is 40.7 Å². The number of rotatable bonds is 9. The molecule has 0 aliphatic rings. The standard InChI is InChI=1S/C29H26Cl2F3N5O2/c1-16-26(38-15-37-16)14-36-22-11-18(23-8-7-21(31)13-24(23)29(32,33)34)10-19(12-22)27(40)39-25(28(41)35-2)9-17-3-5-20(30)6-4-17/h3-8,10-13,15,25,36H,9,14H2,1-2H3,(H,35,41)(H,37,38)(H,39,40)/t25-/m1/s1. The summed E-state index contributed by atoms with van der Waals surface area (Å²) in [5.41, 5.74) is 1.75. The van der Waals surface area contributed by atoms with Gasteiger partial charge in [0.05, 0.1) is 24.1 Å². The molecule has 0 fully saturated rings. The van der Waals surface area contributed by atoms with Crippen LogP contribution in [-0.2, 0) is 23.9 Å². The van der Waals surface area contributed by atoms with Crippen molar-refractivity contribution in [3.8, 4) is 11.1 Å². The van der Waals surface area contributed by atoms with Crippen molar-refractivity contribution in [2.75, 3.05) is 12.4 Å². The summed E-state index contributed by atoms with van der Waals surface area (Å²) in [6, 6.07) is 13.7. The molecular weight excluding hydrogens is 578 g/mol. The van der Waals surface area contributed by atoms with Gasteiger partial charge in [-0.3, -0.25) is 9.59 Å². The minimum atomic E-state index is -4.69. The molecule has 0 aliphatic carbocycles. The molecule has 1 atom stereocenters. The Morgan fingerprint density at radius 1 is 1.00 bits per heavy atom. The largest absolute Gasteiger partial charge is 0.417 e. The van der Waals surface area contributed by atoms with Crippen molar-refractivity contribution in [2.45, 2.75) is 32.1 Å². The van der Waals surface area contributed by atoms with E-state index in [9.17, 15) is 22.8 Å². The van der Waals surface area contributed by atoms with Crippen molar-refractivity contribution in [2.24, 2.45) is 0 Å². The quantitative estimate of drug-likeness (QED) is 0.178. The molecule has 0 bridgehead atoms. The van der Waals surface area contributed by atoms with Gasteiger partial charge in [-0.2, -0.15) is 13.2 Å². The molecule has 4 aromatic rings. The maximum Gasteiger partial charge on any atom is 0.417 e. The van der Waals surface area contributed by atoms with Crippen LogP contribution < -0.4 is 16.0 Å². The normalized spacial score (nSPS) is 12.1. The van der Waals surface area contributed by atoms with Gasteiger partial charge in [-0.15, -0.1) is 0 Å². The third-order valence-corrected chi connectivity index (χ3v) is 6.90. The van der Waals surface area contributed by atoms with Crippen molar-refractivity contribution in [3.05, 3.63) is 105 Å². The van der Waals surface area contributed by atoms with Gasteiger partial charge in [-0.1, -0.05) is 41.4 Å². The Morgan fingerprint density at radius 3 is 2.34 bits per heavy atom. The van der Waals surface area contributed by atoms with Gasteiger partial charge in [0.25, 0.3) is 5.91 Å². The Bertz CT molecular complexity index is 1560. The van der Waals surface area contributed by atoms with Crippen LogP contribution >= 0.6 is 23.2 Å². The molecule has 0 spiro atoms. The third-order valence-electron chi connectivity index (χ3n) is 6.41. The summed E-state index contributed by atoms with van der Waals surface area (Å²) in [4.78, 5) is 33.3. The van der Waals surface area contributed by atoms with E-state index in [4.69, 9.17) is 23.2 Å². The van der Waals surface area contributed by atoms with Crippen LogP contribution in [0.2, 0.25) is 10.0 Å². The van der Waals surface area contributed by atoms with E-state index in [0.29, 0.717) is 16.4 Å². The second kappa shape index (κ2) is 12.7. The fourth-order valence-electron chi connectivity index (χ4n) is 4.25. The van der Waals surface area contributed by atoms with Crippen molar-refractivity contribution in [1.29, 1.82) is 0 Å². The summed E-state index contributed by atoms with van der Waals surface area (Å²) in [5, 5.41) is 8.83. The number of nitrogens with zero attached hydrogens (tertiary/aromatic N) is 1. The second-order valence-corrected chi connectivity index (χ2v) is 10.2. The summed E-state index contributed by atoms with van der Waals surface area (Å²) >= 11 is 11.8. The van der Waals surface area contributed by atoms with E-state index in [1.54, 1.807) is 24.3 Å². The molecule has 1 heterocycles. The Hall–Kier alpha value is -4.02. The van der Waals surface area contributed by atoms with Gasteiger partial charge in [-0.05, 0) is 66.1 Å². The molecule has 0 aliphatic heterocycles. The van der Waals surface area contributed by atoms with E-state index < -0.39 is 29.6 Å². The molecule has 0 saturated heterocycles. The number of anilines is 1. The predicted molar refractivity (Wildman–Crippen MR) is 153 cm³/mol. The van der Waals surface area contributed by atoms with Crippen LogP contribution in [0.25, 0.3) is 11.1 Å². The molecule has 41 heavy (non-hydrogen) atoms. The lowest BCUT2D eigenvalue weighted by atomic mass is 9.96. The number of carbonyl (C=O) groups is 2. The van der Waals surface area contributed by atoms with E-state index in [2.05, 4.69) is 25.9 Å².